The highest BCUT2D eigenvalue weighted by molar-refractivity contribution is 5.79. The first kappa shape index (κ1) is 17.2. The van der Waals surface area contributed by atoms with Crippen LogP contribution in [-0.4, -0.2) is 52.0 Å². The second kappa shape index (κ2) is 10.9. The van der Waals surface area contributed by atoms with E-state index in [9.17, 15) is 0 Å². The van der Waals surface area contributed by atoms with Crippen molar-refractivity contribution in [2.24, 2.45) is 10.9 Å². The molecule has 1 aliphatic heterocycles. The van der Waals surface area contributed by atoms with Crippen LogP contribution in [0.15, 0.2) is 4.99 Å². The highest BCUT2D eigenvalue weighted by Gasteiger charge is 2.13. The molecule has 0 radical (unpaired) electrons. The van der Waals surface area contributed by atoms with Crippen LogP contribution < -0.4 is 10.6 Å². The monoisotopic (exact) mass is 285 g/mol. The maximum Gasteiger partial charge on any atom is 0.190 e. The highest BCUT2D eigenvalue weighted by Crippen LogP contribution is 2.10. The fraction of sp³-hybridized carbons (Fsp3) is 0.933. The number of rotatable bonds is 8. The molecule has 0 aromatic carbocycles. The Labute approximate surface area is 123 Å². The van der Waals surface area contributed by atoms with Crippen LogP contribution in [0.4, 0.5) is 0 Å². The molecule has 0 aliphatic carbocycles. The highest BCUT2D eigenvalue weighted by atomic mass is 16.5. The fourth-order valence-electron chi connectivity index (χ4n) is 2.07. The van der Waals surface area contributed by atoms with Gasteiger partial charge in [-0.05, 0) is 31.6 Å². The van der Waals surface area contributed by atoms with E-state index in [0.717, 1.165) is 64.6 Å². The van der Waals surface area contributed by atoms with Gasteiger partial charge in [-0.25, -0.2) is 0 Å². The van der Waals surface area contributed by atoms with E-state index in [1.165, 1.54) is 0 Å². The number of nitrogens with zero attached hydrogens (tertiary/aromatic N) is 1. The maximum absolute atomic E-state index is 5.83. The lowest BCUT2D eigenvalue weighted by Gasteiger charge is -2.22. The third kappa shape index (κ3) is 8.38. The minimum atomic E-state index is 0.396. The number of guanidine groups is 1. The Kier molecular flexibility index (Phi) is 9.41. The molecule has 1 rings (SSSR count). The number of ether oxygens (including phenoxy) is 2. The van der Waals surface area contributed by atoms with Crippen LogP contribution in [-0.2, 0) is 9.47 Å². The topological polar surface area (TPSA) is 54.9 Å². The van der Waals surface area contributed by atoms with Gasteiger partial charge in [0.2, 0.25) is 0 Å². The molecule has 5 nitrogen and oxygen atoms in total. The number of hydrogen-bond donors (Lipinski definition) is 2. The first-order valence-electron chi connectivity index (χ1n) is 7.86. The summed E-state index contributed by atoms with van der Waals surface area (Å²) in [5.41, 5.74) is 0. The smallest absolute Gasteiger partial charge is 0.190 e. The standard InChI is InChI=1S/C15H31N3O2/c1-13(2)5-9-18-15(16-3)17-8-4-10-20-14-6-11-19-12-7-14/h13-14H,4-12H2,1-3H3,(H2,16,17,18). The molecule has 2 N–H and O–H groups in total. The molecule has 5 heteroatoms. The summed E-state index contributed by atoms with van der Waals surface area (Å²) < 4.78 is 11.1. The van der Waals surface area contributed by atoms with Crippen LogP contribution in [0.5, 0.6) is 0 Å². The summed E-state index contributed by atoms with van der Waals surface area (Å²) in [5, 5.41) is 6.64. The summed E-state index contributed by atoms with van der Waals surface area (Å²) in [7, 11) is 1.81. The molecule has 1 fully saturated rings. The van der Waals surface area contributed by atoms with E-state index in [0.29, 0.717) is 12.0 Å². The Hall–Kier alpha value is -0.810. The van der Waals surface area contributed by atoms with Crippen molar-refractivity contribution < 1.29 is 9.47 Å². The second-order valence-corrected chi connectivity index (χ2v) is 5.64. The summed E-state index contributed by atoms with van der Waals surface area (Å²) in [6.45, 7) is 8.81. The Morgan fingerprint density at radius 1 is 1.25 bits per heavy atom. The predicted octanol–water partition coefficient (Wildman–Crippen LogP) is 1.78. The molecule has 1 aliphatic rings. The quantitative estimate of drug-likeness (QED) is 0.405. The lowest BCUT2D eigenvalue weighted by molar-refractivity contribution is -0.0320. The average molecular weight is 285 g/mol. The molecule has 1 saturated heterocycles. The van der Waals surface area contributed by atoms with E-state index >= 15 is 0 Å². The first-order chi connectivity index (χ1) is 9.72. The molecule has 118 valence electrons. The normalized spacial score (nSPS) is 17.5. The van der Waals surface area contributed by atoms with Gasteiger partial charge in [0.05, 0.1) is 6.10 Å². The fourth-order valence-corrected chi connectivity index (χ4v) is 2.07. The van der Waals surface area contributed by atoms with Crippen molar-refractivity contribution in [2.75, 3.05) is 40.0 Å². The van der Waals surface area contributed by atoms with Crippen LogP contribution >= 0.6 is 0 Å². The Bertz CT molecular complexity index is 264. The lowest BCUT2D eigenvalue weighted by atomic mass is 10.1. The van der Waals surface area contributed by atoms with Gasteiger partial charge >= 0.3 is 0 Å². The maximum atomic E-state index is 5.83. The van der Waals surface area contributed by atoms with Crippen LogP contribution in [0.3, 0.4) is 0 Å². The second-order valence-electron chi connectivity index (χ2n) is 5.64. The molecular weight excluding hydrogens is 254 g/mol. The molecule has 0 aromatic heterocycles. The Balaban J connectivity index is 1.98. The predicted molar refractivity (Wildman–Crippen MR) is 83.2 cm³/mol. The first-order valence-corrected chi connectivity index (χ1v) is 7.86. The van der Waals surface area contributed by atoms with Gasteiger partial charge < -0.3 is 20.1 Å². The largest absolute Gasteiger partial charge is 0.381 e. The summed E-state index contributed by atoms with van der Waals surface area (Å²) in [4.78, 5) is 4.21. The van der Waals surface area contributed by atoms with E-state index in [2.05, 4.69) is 29.5 Å². The van der Waals surface area contributed by atoms with Crippen LogP contribution in [0.25, 0.3) is 0 Å². The van der Waals surface area contributed by atoms with Gasteiger partial charge in [-0.1, -0.05) is 13.8 Å². The van der Waals surface area contributed by atoms with E-state index in [1.807, 2.05) is 7.05 Å². The summed E-state index contributed by atoms with van der Waals surface area (Å²) in [6, 6.07) is 0. The molecular formula is C15H31N3O2. The lowest BCUT2D eigenvalue weighted by Crippen LogP contribution is -2.38. The van der Waals surface area contributed by atoms with Crippen LogP contribution in [0, 0.1) is 5.92 Å². The summed E-state index contributed by atoms with van der Waals surface area (Å²) in [5.74, 6) is 1.60. The SMILES string of the molecule is CN=C(NCCCOC1CCOCC1)NCCC(C)C. The molecule has 0 aromatic rings. The van der Waals surface area contributed by atoms with Crippen molar-refractivity contribution in [3.8, 4) is 0 Å². The van der Waals surface area contributed by atoms with Gasteiger partial charge in [-0.3, -0.25) is 4.99 Å². The zero-order chi connectivity index (χ0) is 14.6. The van der Waals surface area contributed by atoms with Gasteiger partial charge in [0, 0.05) is 40.0 Å². The van der Waals surface area contributed by atoms with Gasteiger partial charge in [0.1, 0.15) is 0 Å². The Morgan fingerprint density at radius 3 is 2.60 bits per heavy atom. The third-order valence-electron chi connectivity index (χ3n) is 3.37. The number of nitrogens with one attached hydrogen (secondary N) is 2. The van der Waals surface area contributed by atoms with Crippen molar-refractivity contribution in [3.63, 3.8) is 0 Å². The molecule has 0 spiro atoms. The number of aliphatic imine (C=N–C) groups is 1. The van der Waals surface area contributed by atoms with E-state index in [-0.39, 0.29) is 0 Å². The van der Waals surface area contributed by atoms with Crippen molar-refractivity contribution in [3.05, 3.63) is 0 Å². The molecule has 0 unspecified atom stereocenters. The van der Waals surface area contributed by atoms with Crippen molar-refractivity contribution in [1.29, 1.82) is 0 Å². The average Bonchev–Trinajstić information content (AvgIpc) is 2.46. The van der Waals surface area contributed by atoms with Crippen molar-refractivity contribution >= 4 is 5.96 Å². The summed E-state index contributed by atoms with van der Waals surface area (Å²) in [6.07, 6.45) is 4.63. The molecule has 0 saturated carbocycles. The van der Waals surface area contributed by atoms with Crippen LogP contribution in [0.1, 0.15) is 39.5 Å². The van der Waals surface area contributed by atoms with Crippen molar-refractivity contribution in [2.45, 2.75) is 45.6 Å². The minimum Gasteiger partial charge on any atom is -0.381 e. The zero-order valence-corrected chi connectivity index (χ0v) is 13.3. The molecule has 0 atom stereocenters. The Morgan fingerprint density at radius 2 is 1.95 bits per heavy atom. The van der Waals surface area contributed by atoms with E-state index < -0.39 is 0 Å². The molecule has 20 heavy (non-hydrogen) atoms. The van der Waals surface area contributed by atoms with Gasteiger partial charge in [-0.15, -0.1) is 0 Å². The molecule has 0 amide bonds. The number of hydrogen-bond acceptors (Lipinski definition) is 3. The van der Waals surface area contributed by atoms with Gasteiger partial charge in [0.15, 0.2) is 5.96 Å². The zero-order valence-electron chi connectivity index (χ0n) is 13.3. The van der Waals surface area contributed by atoms with Crippen molar-refractivity contribution in [1.82, 2.24) is 10.6 Å². The van der Waals surface area contributed by atoms with E-state index in [1.54, 1.807) is 0 Å². The molecule has 0 bridgehead atoms. The van der Waals surface area contributed by atoms with Gasteiger partial charge in [-0.2, -0.15) is 0 Å². The van der Waals surface area contributed by atoms with Gasteiger partial charge in [0.25, 0.3) is 0 Å². The minimum absolute atomic E-state index is 0.396. The van der Waals surface area contributed by atoms with E-state index in [4.69, 9.17) is 9.47 Å². The summed E-state index contributed by atoms with van der Waals surface area (Å²) >= 11 is 0. The van der Waals surface area contributed by atoms with Crippen LogP contribution in [0.2, 0.25) is 0 Å². The third-order valence-corrected chi connectivity index (χ3v) is 3.37. The molecule has 1 heterocycles.